The lowest BCUT2D eigenvalue weighted by Crippen LogP contribution is -2.58. The average Bonchev–Trinajstić information content (AvgIpc) is 2.21. The first-order valence-electron chi connectivity index (χ1n) is 6.20. The molecule has 0 radical (unpaired) electrons. The van der Waals surface area contributed by atoms with Crippen LogP contribution >= 0.6 is 0 Å². The van der Waals surface area contributed by atoms with Crippen molar-refractivity contribution < 1.29 is 0 Å². The van der Waals surface area contributed by atoms with E-state index in [1.165, 1.54) is 25.7 Å². The Morgan fingerprint density at radius 2 is 2.13 bits per heavy atom. The predicted molar refractivity (Wildman–Crippen MR) is 66.0 cm³/mol. The Labute approximate surface area is 94.4 Å². The summed E-state index contributed by atoms with van der Waals surface area (Å²) in [5, 5.41) is 3.70. The maximum atomic E-state index is 5.97. The van der Waals surface area contributed by atoms with Crippen LogP contribution in [0.5, 0.6) is 0 Å². The molecule has 1 aliphatic carbocycles. The van der Waals surface area contributed by atoms with Crippen LogP contribution in [0.2, 0.25) is 0 Å². The Bertz CT molecular complexity index is 182. The lowest BCUT2D eigenvalue weighted by Gasteiger charge is -2.43. The van der Waals surface area contributed by atoms with Gasteiger partial charge in [0.25, 0.3) is 0 Å². The van der Waals surface area contributed by atoms with Gasteiger partial charge in [-0.25, -0.2) is 0 Å². The van der Waals surface area contributed by atoms with Crippen molar-refractivity contribution >= 4 is 0 Å². The van der Waals surface area contributed by atoms with Gasteiger partial charge in [-0.3, -0.25) is 0 Å². The summed E-state index contributed by atoms with van der Waals surface area (Å²) >= 11 is 0. The van der Waals surface area contributed by atoms with Crippen LogP contribution in [0.25, 0.3) is 0 Å². The highest BCUT2D eigenvalue weighted by molar-refractivity contribution is 4.96. The highest BCUT2D eigenvalue weighted by Crippen LogP contribution is 2.32. The van der Waals surface area contributed by atoms with Gasteiger partial charge in [0.1, 0.15) is 0 Å². The molecule has 1 fully saturated rings. The zero-order valence-corrected chi connectivity index (χ0v) is 10.6. The van der Waals surface area contributed by atoms with E-state index in [4.69, 9.17) is 5.73 Å². The van der Waals surface area contributed by atoms with E-state index in [1.54, 1.807) is 0 Å². The number of nitrogens with one attached hydrogen (secondary N) is 1. The molecule has 0 aromatic heterocycles. The summed E-state index contributed by atoms with van der Waals surface area (Å²) in [5.74, 6) is 0.721. The quantitative estimate of drug-likeness (QED) is 0.717. The minimum absolute atomic E-state index is 0.217. The summed E-state index contributed by atoms with van der Waals surface area (Å²) in [6, 6.07) is 0. The second-order valence-corrected chi connectivity index (χ2v) is 5.24. The summed E-state index contributed by atoms with van der Waals surface area (Å²) in [6.07, 6.45) is 5.28. The largest absolute Gasteiger partial charge is 0.329 e. The van der Waals surface area contributed by atoms with Crippen molar-refractivity contribution in [2.45, 2.75) is 38.1 Å². The highest BCUT2D eigenvalue weighted by Gasteiger charge is 2.35. The SMILES string of the molecule is CC1CCCCC1(CN)NCCN(C)C. The first-order valence-corrected chi connectivity index (χ1v) is 6.20. The van der Waals surface area contributed by atoms with Crippen molar-refractivity contribution in [2.24, 2.45) is 11.7 Å². The van der Waals surface area contributed by atoms with Crippen LogP contribution in [-0.4, -0.2) is 44.2 Å². The zero-order valence-electron chi connectivity index (χ0n) is 10.6. The summed E-state index contributed by atoms with van der Waals surface area (Å²) in [7, 11) is 4.22. The second kappa shape index (κ2) is 5.83. The van der Waals surface area contributed by atoms with Gasteiger partial charge >= 0.3 is 0 Å². The molecular weight excluding hydrogens is 186 g/mol. The van der Waals surface area contributed by atoms with Crippen molar-refractivity contribution in [2.75, 3.05) is 33.7 Å². The van der Waals surface area contributed by atoms with Crippen LogP contribution in [0.4, 0.5) is 0 Å². The Kier molecular flexibility index (Phi) is 5.03. The van der Waals surface area contributed by atoms with Crippen LogP contribution in [-0.2, 0) is 0 Å². The average molecular weight is 213 g/mol. The van der Waals surface area contributed by atoms with E-state index in [0.29, 0.717) is 0 Å². The number of nitrogens with two attached hydrogens (primary N) is 1. The van der Waals surface area contributed by atoms with Crippen molar-refractivity contribution in [3.63, 3.8) is 0 Å². The molecule has 0 bridgehead atoms. The standard InChI is InChI=1S/C12H27N3/c1-11-6-4-5-7-12(11,10-13)14-8-9-15(2)3/h11,14H,4-10,13H2,1-3H3. The Hall–Kier alpha value is -0.120. The van der Waals surface area contributed by atoms with Crippen LogP contribution in [0.15, 0.2) is 0 Å². The van der Waals surface area contributed by atoms with Gasteiger partial charge in [-0.2, -0.15) is 0 Å². The zero-order chi connectivity index (χ0) is 11.3. The van der Waals surface area contributed by atoms with E-state index >= 15 is 0 Å². The molecule has 3 nitrogen and oxygen atoms in total. The second-order valence-electron chi connectivity index (χ2n) is 5.24. The molecule has 0 aromatic rings. The van der Waals surface area contributed by atoms with Gasteiger partial charge in [0.2, 0.25) is 0 Å². The molecule has 0 heterocycles. The van der Waals surface area contributed by atoms with Crippen LogP contribution < -0.4 is 11.1 Å². The first-order chi connectivity index (χ1) is 7.10. The fraction of sp³-hybridized carbons (Fsp3) is 1.00. The lowest BCUT2D eigenvalue weighted by atomic mass is 9.73. The number of hydrogen-bond acceptors (Lipinski definition) is 3. The molecular formula is C12H27N3. The molecule has 0 aromatic carbocycles. The normalized spacial score (nSPS) is 32.2. The molecule has 2 unspecified atom stereocenters. The van der Waals surface area contributed by atoms with E-state index in [0.717, 1.165) is 25.6 Å². The van der Waals surface area contributed by atoms with Crippen molar-refractivity contribution in [1.29, 1.82) is 0 Å². The lowest BCUT2D eigenvalue weighted by molar-refractivity contribution is 0.158. The van der Waals surface area contributed by atoms with Gasteiger partial charge in [0.05, 0.1) is 0 Å². The molecule has 1 saturated carbocycles. The first kappa shape index (κ1) is 12.9. The van der Waals surface area contributed by atoms with E-state index in [1.807, 2.05) is 0 Å². The van der Waals surface area contributed by atoms with E-state index < -0.39 is 0 Å². The molecule has 1 rings (SSSR count). The summed E-state index contributed by atoms with van der Waals surface area (Å²) < 4.78 is 0. The van der Waals surface area contributed by atoms with Gasteiger partial charge in [-0.15, -0.1) is 0 Å². The fourth-order valence-corrected chi connectivity index (χ4v) is 2.58. The minimum Gasteiger partial charge on any atom is -0.329 e. The monoisotopic (exact) mass is 213 g/mol. The molecule has 0 aliphatic heterocycles. The fourth-order valence-electron chi connectivity index (χ4n) is 2.58. The van der Waals surface area contributed by atoms with Gasteiger partial charge in [0, 0.05) is 25.2 Å². The van der Waals surface area contributed by atoms with Gasteiger partial charge < -0.3 is 16.0 Å². The van der Waals surface area contributed by atoms with Crippen molar-refractivity contribution in [3.8, 4) is 0 Å². The molecule has 0 spiro atoms. The maximum absolute atomic E-state index is 5.97. The van der Waals surface area contributed by atoms with Crippen molar-refractivity contribution in [3.05, 3.63) is 0 Å². The Morgan fingerprint density at radius 1 is 1.40 bits per heavy atom. The predicted octanol–water partition coefficient (Wildman–Crippen LogP) is 1.05. The molecule has 15 heavy (non-hydrogen) atoms. The summed E-state index contributed by atoms with van der Waals surface area (Å²) in [4.78, 5) is 2.21. The summed E-state index contributed by atoms with van der Waals surface area (Å²) in [6.45, 7) is 5.26. The van der Waals surface area contributed by atoms with Crippen molar-refractivity contribution in [1.82, 2.24) is 10.2 Å². The molecule has 2 atom stereocenters. The Morgan fingerprint density at radius 3 is 2.67 bits per heavy atom. The van der Waals surface area contributed by atoms with Crippen LogP contribution in [0, 0.1) is 5.92 Å². The topological polar surface area (TPSA) is 41.3 Å². The van der Waals surface area contributed by atoms with E-state index in [2.05, 4.69) is 31.2 Å². The maximum Gasteiger partial charge on any atom is 0.0330 e. The molecule has 0 amide bonds. The minimum atomic E-state index is 0.217. The highest BCUT2D eigenvalue weighted by atomic mass is 15.1. The summed E-state index contributed by atoms with van der Waals surface area (Å²) in [5.41, 5.74) is 6.19. The van der Waals surface area contributed by atoms with Gasteiger partial charge in [-0.1, -0.05) is 19.8 Å². The molecule has 3 N–H and O–H groups in total. The number of rotatable bonds is 5. The molecule has 90 valence electrons. The molecule has 3 heteroatoms. The number of hydrogen-bond donors (Lipinski definition) is 2. The third-order valence-electron chi connectivity index (χ3n) is 3.85. The third kappa shape index (κ3) is 3.44. The Balaban J connectivity index is 2.43. The van der Waals surface area contributed by atoms with Crippen LogP contribution in [0.3, 0.4) is 0 Å². The van der Waals surface area contributed by atoms with E-state index in [9.17, 15) is 0 Å². The number of likely N-dealkylation sites (N-methyl/N-ethyl adjacent to an activating group) is 1. The van der Waals surface area contributed by atoms with Gasteiger partial charge in [-0.05, 0) is 32.9 Å². The van der Waals surface area contributed by atoms with E-state index in [-0.39, 0.29) is 5.54 Å². The third-order valence-corrected chi connectivity index (χ3v) is 3.85. The number of nitrogens with zero attached hydrogens (tertiary/aromatic N) is 1. The molecule has 0 saturated heterocycles. The van der Waals surface area contributed by atoms with Gasteiger partial charge in [0.15, 0.2) is 0 Å². The smallest absolute Gasteiger partial charge is 0.0330 e. The molecule has 1 aliphatic rings. The van der Waals surface area contributed by atoms with Crippen LogP contribution in [0.1, 0.15) is 32.6 Å².